The summed E-state index contributed by atoms with van der Waals surface area (Å²) in [5.74, 6) is -0.0990. The van der Waals surface area contributed by atoms with Crippen molar-refractivity contribution in [3.05, 3.63) is 35.0 Å². The summed E-state index contributed by atoms with van der Waals surface area (Å²) in [5, 5.41) is 4.07. The largest absolute Gasteiger partial charge is 0.449 e. The summed E-state index contributed by atoms with van der Waals surface area (Å²) < 4.78 is 5.00. The molecule has 1 fully saturated rings. The van der Waals surface area contributed by atoms with Crippen molar-refractivity contribution in [1.29, 1.82) is 0 Å². The molecule has 0 atom stereocenters. The molecule has 0 spiro atoms. The zero-order valence-electron chi connectivity index (χ0n) is 14.3. The molecule has 2 aliphatic rings. The number of nitrogens with one attached hydrogen (secondary N) is 2. The molecule has 6 heteroatoms. The molecule has 2 N–H and O–H groups in total. The van der Waals surface area contributed by atoms with Gasteiger partial charge in [-0.05, 0) is 55.9 Å². The summed E-state index contributed by atoms with van der Waals surface area (Å²) in [6, 6.07) is 5.83. The fourth-order valence-electron chi connectivity index (χ4n) is 3.75. The fraction of sp³-hybridized carbons (Fsp3) is 0.474. The molecule has 1 aromatic heterocycles. The van der Waals surface area contributed by atoms with Crippen LogP contribution in [0.15, 0.2) is 18.2 Å². The molecule has 1 saturated heterocycles. The third-order valence-corrected chi connectivity index (χ3v) is 5.08. The van der Waals surface area contributed by atoms with Crippen LogP contribution >= 0.6 is 0 Å². The van der Waals surface area contributed by atoms with E-state index in [1.165, 1.54) is 29.5 Å². The minimum absolute atomic E-state index is 0.0990. The zero-order valence-corrected chi connectivity index (χ0v) is 14.3. The Morgan fingerprint density at radius 2 is 2.12 bits per heavy atom. The summed E-state index contributed by atoms with van der Waals surface area (Å²) in [7, 11) is 0. The number of benzene rings is 1. The van der Waals surface area contributed by atoms with Crippen LogP contribution in [0.2, 0.25) is 0 Å². The normalized spacial score (nSPS) is 17.3. The van der Waals surface area contributed by atoms with E-state index in [4.69, 9.17) is 4.74 Å². The number of hydrogen-bond acceptors (Lipinski definition) is 3. The van der Waals surface area contributed by atoms with E-state index in [0.717, 1.165) is 24.8 Å². The topological polar surface area (TPSA) is 74.4 Å². The molecule has 2 amide bonds. The van der Waals surface area contributed by atoms with E-state index in [1.807, 2.05) is 18.2 Å². The second-order valence-corrected chi connectivity index (χ2v) is 6.76. The van der Waals surface area contributed by atoms with E-state index in [9.17, 15) is 9.59 Å². The van der Waals surface area contributed by atoms with Gasteiger partial charge in [-0.15, -0.1) is 0 Å². The van der Waals surface area contributed by atoms with Gasteiger partial charge in [0.2, 0.25) is 0 Å². The lowest BCUT2D eigenvalue weighted by atomic mass is 9.95. The minimum Gasteiger partial charge on any atom is -0.449 e. The van der Waals surface area contributed by atoms with Gasteiger partial charge >= 0.3 is 6.09 Å². The summed E-state index contributed by atoms with van der Waals surface area (Å²) in [4.78, 5) is 29.1. The molecule has 0 radical (unpaired) electrons. The van der Waals surface area contributed by atoms with Crippen LogP contribution in [0.3, 0.4) is 0 Å². The van der Waals surface area contributed by atoms with E-state index >= 15 is 0 Å². The maximum Gasteiger partial charge on any atom is 0.409 e. The maximum atomic E-state index is 12.4. The third kappa shape index (κ3) is 3.21. The van der Waals surface area contributed by atoms with Gasteiger partial charge in [0.15, 0.2) is 0 Å². The Balaban J connectivity index is 1.42. The second-order valence-electron chi connectivity index (χ2n) is 6.76. The SMILES string of the molecule is O=C(NCCN1CCCOC1=O)c1ccc2[nH]c3c(c2c1)CCCC3. The summed E-state index contributed by atoms with van der Waals surface area (Å²) >= 11 is 0. The van der Waals surface area contributed by atoms with Gasteiger partial charge in [0.05, 0.1) is 6.61 Å². The van der Waals surface area contributed by atoms with Crippen LogP contribution in [0.25, 0.3) is 10.9 Å². The minimum atomic E-state index is -0.291. The van der Waals surface area contributed by atoms with Crippen molar-refractivity contribution >= 4 is 22.9 Å². The Labute approximate surface area is 146 Å². The van der Waals surface area contributed by atoms with Gasteiger partial charge in [-0.2, -0.15) is 0 Å². The molecule has 6 nitrogen and oxygen atoms in total. The lowest BCUT2D eigenvalue weighted by molar-refractivity contribution is 0.0719. The predicted molar refractivity (Wildman–Crippen MR) is 94.8 cm³/mol. The molecule has 25 heavy (non-hydrogen) atoms. The van der Waals surface area contributed by atoms with Crippen LogP contribution in [-0.2, 0) is 17.6 Å². The van der Waals surface area contributed by atoms with E-state index in [1.54, 1.807) is 4.90 Å². The highest BCUT2D eigenvalue weighted by Gasteiger charge is 2.20. The van der Waals surface area contributed by atoms with Gasteiger partial charge < -0.3 is 19.9 Å². The molecule has 2 aromatic rings. The molecule has 1 aliphatic heterocycles. The van der Waals surface area contributed by atoms with E-state index < -0.39 is 0 Å². The monoisotopic (exact) mass is 341 g/mol. The number of ether oxygens (including phenoxy) is 1. The Morgan fingerprint density at radius 3 is 3.00 bits per heavy atom. The first-order valence-corrected chi connectivity index (χ1v) is 9.06. The number of rotatable bonds is 4. The predicted octanol–water partition coefficient (Wildman–Crippen LogP) is 2.62. The first kappa shape index (κ1) is 16.0. The lowest BCUT2D eigenvalue weighted by Gasteiger charge is -2.26. The van der Waals surface area contributed by atoms with Crippen LogP contribution in [0.5, 0.6) is 0 Å². The summed E-state index contributed by atoms with van der Waals surface area (Å²) in [6.45, 7) is 2.09. The number of aromatic nitrogens is 1. The van der Waals surface area contributed by atoms with Crippen LogP contribution in [0.1, 0.15) is 40.9 Å². The standard InChI is InChI=1S/C19H23N3O3/c23-18(20-8-10-22-9-3-11-25-19(22)24)13-6-7-17-15(12-13)14-4-1-2-5-16(14)21-17/h6-7,12,21H,1-5,8-11H2,(H,20,23). The van der Waals surface area contributed by atoms with Crippen molar-refractivity contribution in [1.82, 2.24) is 15.2 Å². The molecule has 0 unspecified atom stereocenters. The molecule has 2 heterocycles. The van der Waals surface area contributed by atoms with Crippen LogP contribution in [-0.4, -0.2) is 48.1 Å². The number of aryl methyl sites for hydroxylation is 2. The number of amides is 2. The highest BCUT2D eigenvalue weighted by atomic mass is 16.6. The van der Waals surface area contributed by atoms with Crippen molar-refractivity contribution < 1.29 is 14.3 Å². The van der Waals surface area contributed by atoms with E-state index in [0.29, 0.717) is 31.8 Å². The van der Waals surface area contributed by atoms with Gasteiger partial charge in [-0.1, -0.05) is 0 Å². The Kier molecular flexibility index (Phi) is 4.34. The molecule has 1 aromatic carbocycles. The molecule has 1 aliphatic carbocycles. The molecule has 132 valence electrons. The Morgan fingerprint density at radius 1 is 1.24 bits per heavy atom. The molecule has 0 saturated carbocycles. The summed E-state index contributed by atoms with van der Waals surface area (Å²) in [6.07, 6.45) is 5.17. The first-order valence-electron chi connectivity index (χ1n) is 9.06. The lowest BCUT2D eigenvalue weighted by Crippen LogP contribution is -2.42. The van der Waals surface area contributed by atoms with Gasteiger partial charge in [0, 0.05) is 41.8 Å². The number of H-pyrrole nitrogens is 1. The van der Waals surface area contributed by atoms with Crippen molar-refractivity contribution in [3.63, 3.8) is 0 Å². The third-order valence-electron chi connectivity index (χ3n) is 5.08. The van der Waals surface area contributed by atoms with Crippen molar-refractivity contribution in [2.45, 2.75) is 32.1 Å². The van der Waals surface area contributed by atoms with Gasteiger partial charge in [0.25, 0.3) is 5.91 Å². The van der Waals surface area contributed by atoms with Crippen LogP contribution in [0.4, 0.5) is 4.79 Å². The highest BCUT2D eigenvalue weighted by molar-refractivity contribution is 5.99. The zero-order chi connectivity index (χ0) is 17.2. The van der Waals surface area contributed by atoms with Crippen molar-refractivity contribution in [2.75, 3.05) is 26.2 Å². The number of fused-ring (bicyclic) bond motifs is 3. The number of aromatic amines is 1. The number of carbonyl (C=O) groups is 2. The van der Waals surface area contributed by atoms with Crippen LogP contribution < -0.4 is 5.32 Å². The first-order chi connectivity index (χ1) is 12.2. The molecule has 0 bridgehead atoms. The van der Waals surface area contributed by atoms with Crippen LogP contribution in [0, 0.1) is 0 Å². The summed E-state index contributed by atoms with van der Waals surface area (Å²) in [5.41, 5.74) is 4.47. The van der Waals surface area contributed by atoms with Crippen molar-refractivity contribution in [3.8, 4) is 0 Å². The Bertz CT molecular complexity index is 812. The number of cyclic esters (lactones) is 1. The smallest absolute Gasteiger partial charge is 0.409 e. The quantitative estimate of drug-likeness (QED) is 0.898. The van der Waals surface area contributed by atoms with E-state index in [2.05, 4.69) is 10.3 Å². The Hall–Kier alpha value is -2.50. The fourth-order valence-corrected chi connectivity index (χ4v) is 3.75. The average Bonchev–Trinajstić information content (AvgIpc) is 3.01. The molecular weight excluding hydrogens is 318 g/mol. The maximum absolute atomic E-state index is 12.4. The number of nitrogens with zero attached hydrogens (tertiary/aromatic N) is 1. The van der Waals surface area contributed by atoms with E-state index in [-0.39, 0.29) is 12.0 Å². The number of hydrogen-bond donors (Lipinski definition) is 2. The van der Waals surface area contributed by atoms with Gasteiger partial charge in [0.1, 0.15) is 0 Å². The molecule has 4 rings (SSSR count). The molecular formula is C19H23N3O3. The van der Waals surface area contributed by atoms with Crippen molar-refractivity contribution in [2.24, 2.45) is 0 Å². The number of carbonyl (C=O) groups excluding carboxylic acids is 2. The second kappa shape index (κ2) is 6.78. The average molecular weight is 341 g/mol. The van der Waals surface area contributed by atoms with Gasteiger partial charge in [-0.3, -0.25) is 4.79 Å². The highest BCUT2D eigenvalue weighted by Crippen LogP contribution is 2.29. The van der Waals surface area contributed by atoms with Gasteiger partial charge in [-0.25, -0.2) is 4.79 Å².